The molecule has 4 heteroatoms. The Kier molecular flexibility index (Phi) is 3.08. The summed E-state index contributed by atoms with van der Waals surface area (Å²) in [7, 11) is 0. The normalized spacial score (nSPS) is 29.1. The van der Waals surface area contributed by atoms with E-state index < -0.39 is 0 Å². The van der Waals surface area contributed by atoms with Gasteiger partial charge in [-0.3, -0.25) is 0 Å². The van der Waals surface area contributed by atoms with E-state index in [0.717, 1.165) is 38.3 Å². The minimum atomic E-state index is 0.118. The summed E-state index contributed by atoms with van der Waals surface area (Å²) in [6, 6.07) is 6.68. The Morgan fingerprint density at radius 2 is 2.15 bits per heavy atom. The van der Waals surface area contributed by atoms with Gasteiger partial charge in [0.05, 0.1) is 24.9 Å². The van der Waals surface area contributed by atoms with Crippen molar-refractivity contribution in [2.24, 2.45) is 5.73 Å². The van der Waals surface area contributed by atoms with Crippen LogP contribution in [-0.4, -0.2) is 37.9 Å². The van der Waals surface area contributed by atoms with Crippen LogP contribution in [0.4, 0.5) is 5.69 Å². The SMILES string of the molecule is N[C@H]1CN(c2ccc3c(c2)OCCC3)C[C@@H]1OC1CC1. The second kappa shape index (κ2) is 4.93. The van der Waals surface area contributed by atoms with Gasteiger partial charge in [0, 0.05) is 24.8 Å². The van der Waals surface area contributed by atoms with Gasteiger partial charge in [0.1, 0.15) is 5.75 Å². The first-order chi connectivity index (χ1) is 9.79. The molecule has 1 saturated carbocycles. The van der Waals surface area contributed by atoms with E-state index in [9.17, 15) is 0 Å². The van der Waals surface area contributed by atoms with E-state index >= 15 is 0 Å². The lowest BCUT2D eigenvalue weighted by molar-refractivity contribution is 0.0450. The van der Waals surface area contributed by atoms with Gasteiger partial charge in [0.25, 0.3) is 0 Å². The van der Waals surface area contributed by atoms with Gasteiger partial charge in [0.2, 0.25) is 0 Å². The molecule has 2 N–H and O–H groups in total. The van der Waals surface area contributed by atoms with Crippen molar-refractivity contribution in [3.63, 3.8) is 0 Å². The number of benzene rings is 1. The molecule has 1 aromatic carbocycles. The fourth-order valence-corrected chi connectivity index (χ4v) is 3.13. The van der Waals surface area contributed by atoms with Crippen LogP contribution in [-0.2, 0) is 11.2 Å². The Bertz CT molecular complexity index is 501. The van der Waals surface area contributed by atoms with E-state index in [2.05, 4.69) is 23.1 Å². The average Bonchev–Trinajstić information content (AvgIpc) is 3.22. The fourth-order valence-electron chi connectivity index (χ4n) is 3.13. The molecule has 1 aliphatic carbocycles. The highest BCUT2D eigenvalue weighted by Crippen LogP contribution is 2.33. The molecule has 2 atom stereocenters. The van der Waals surface area contributed by atoms with E-state index in [0.29, 0.717) is 6.10 Å². The number of nitrogens with two attached hydrogens (primary N) is 1. The molecule has 2 heterocycles. The molecule has 4 nitrogen and oxygen atoms in total. The van der Waals surface area contributed by atoms with Crippen LogP contribution in [0.5, 0.6) is 5.75 Å². The molecule has 108 valence electrons. The number of fused-ring (bicyclic) bond motifs is 1. The van der Waals surface area contributed by atoms with Gasteiger partial charge in [-0.1, -0.05) is 6.07 Å². The van der Waals surface area contributed by atoms with Crippen molar-refractivity contribution in [1.29, 1.82) is 0 Å². The highest BCUT2D eigenvalue weighted by Gasteiger charge is 2.36. The summed E-state index contributed by atoms with van der Waals surface area (Å²) in [4.78, 5) is 2.33. The molecule has 2 aliphatic heterocycles. The zero-order valence-electron chi connectivity index (χ0n) is 11.8. The van der Waals surface area contributed by atoms with Crippen LogP contribution >= 0.6 is 0 Å². The van der Waals surface area contributed by atoms with Gasteiger partial charge >= 0.3 is 0 Å². The summed E-state index contributed by atoms with van der Waals surface area (Å²) in [5.41, 5.74) is 8.76. The third-order valence-corrected chi connectivity index (χ3v) is 4.46. The van der Waals surface area contributed by atoms with Crippen LogP contribution in [0.1, 0.15) is 24.8 Å². The summed E-state index contributed by atoms with van der Waals surface area (Å²) in [6.45, 7) is 2.61. The molecule has 0 amide bonds. The maximum atomic E-state index is 6.22. The Morgan fingerprint density at radius 1 is 1.25 bits per heavy atom. The lowest BCUT2D eigenvalue weighted by Crippen LogP contribution is -2.35. The van der Waals surface area contributed by atoms with Crippen molar-refractivity contribution in [3.8, 4) is 5.75 Å². The van der Waals surface area contributed by atoms with E-state index in [1.165, 1.54) is 24.1 Å². The quantitative estimate of drug-likeness (QED) is 0.911. The molecular formula is C16H22N2O2. The number of anilines is 1. The zero-order chi connectivity index (χ0) is 13.5. The fraction of sp³-hybridized carbons (Fsp3) is 0.625. The van der Waals surface area contributed by atoms with Crippen molar-refractivity contribution in [2.45, 2.75) is 43.9 Å². The molecule has 0 aromatic heterocycles. The second-order valence-electron chi connectivity index (χ2n) is 6.19. The van der Waals surface area contributed by atoms with Crippen molar-refractivity contribution in [3.05, 3.63) is 23.8 Å². The number of hydrogen-bond acceptors (Lipinski definition) is 4. The van der Waals surface area contributed by atoms with Gasteiger partial charge in [-0.05, 0) is 37.3 Å². The standard InChI is InChI=1S/C16H22N2O2/c17-14-9-18(10-16(14)20-13-5-6-13)12-4-3-11-2-1-7-19-15(11)8-12/h3-4,8,13-14,16H,1-2,5-7,9-10,17H2/t14-,16-/m0/s1. The van der Waals surface area contributed by atoms with E-state index in [1.807, 2.05) is 0 Å². The number of nitrogens with zero attached hydrogens (tertiary/aromatic N) is 1. The summed E-state index contributed by atoms with van der Waals surface area (Å²) in [5, 5.41) is 0. The van der Waals surface area contributed by atoms with E-state index in [1.54, 1.807) is 0 Å². The van der Waals surface area contributed by atoms with Crippen LogP contribution in [0.3, 0.4) is 0 Å². The summed E-state index contributed by atoms with van der Waals surface area (Å²) >= 11 is 0. The van der Waals surface area contributed by atoms with E-state index in [4.69, 9.17) is 15.2 Å². The number of hydrogen-bond donors (Lipinski definition) is 1. The topological polar surface area (TPSA) is 47.7 Å². The Labute approximate surface area is 119 Å². The minimum Gasteiger partial charge on any atom is -0.493 e. The van der Waals surface area contributed by atoms with E-state index in [-0.39, 0.29) is 12.1 Å². The first kappa shape index (κ1) is 12.5. The summed E-state index contributed by atoms with van der Waals surface area (Å²) in [6.07, 6.45) is 5.31. The van der Waals surface area contributed by atoms with Crippen LogP contribution in [0.25, 0.3) is 0 Å². The zero-order valence-corrected chi connectivity index (χ0v) is 11.8. The summed E-state index contributed by atoms with van der Waals surface area (Å²) in [5.74, 6) is 1.05. The molecule has 0 unspecified atom stereocenters. The first-order valence-corrected chi connectivity index (χ1v) is 7.71. The van der Waals surface area contributed by atoms with Gasteiger partial charge in [-0.25, -0.2) is 0 Å². The van der Waals surface area contributed by atoms with Gasteiger partial charge in [-0.15, -0.1) is 0 Å². The number of aryl methyl sites for hydroxylation is 1. The van der Waals surface area contributed by atoms with Crippen molar-refractivity contribution < 1.29 is 9.47 Å². The predicted molar refractivity (Wildman–Crippen MR) is 78.3 cm³/mol. The summed E-state index contributed by atoms with van der Waals surface area (Å²) < 4.78 is 11.8. The van der Waals surface area contributed by atoms with Crippen LogP contribution < -0.4 is 15.4 Å². The average molecular weight is 274 g/mol. The molecule has 1 aromatic rings. The number of rotatable bonds is 3. The maximum absolute atomic E-state index is 6.22. The molecule has 2 fully saturated rings. The molecule has 1 saturated heterocycles. The van der Waals surface area contributed by atoms with Crippen LogP contribution in [0.15, 0.2) is 18.2 Å². The maximum Gasteiger partial charge on any atom is 0.124 e. The Hall–Kier alpha value is -1.26. The molecule has 4 rings (SSSR count). The third kappa shape index (κ3) is 2.38. The second-order valence-corrected chi connectivity index (χ2v) is 6.19. The molecular weight excluding hydrogens is 252 g/mol. The monoisotopic (exact) mass is 274 g/mol. The van der Waals surface area contributed by atoms with Crippen molar-refractivity contribution in [1.82, 2.24) is 0 Å². The van der Waals surface area contributed by atoms with Gasteiger partial charge in [0.15, 0.2) is 0 Å². The molecule has 0 radical (unpaired) electrons. The van der Waals surface area contributed by atoms with Gasteiger partial charge < -0.3 is 20.1 Å². The molecule has 3 aliphatic rings. The Balaban J connectivity index is 1.49. The van der Waals surface area contributed by atoms with Crippen molar-refractivity contribution >= 4 is 5.69 Å². The number of ether oxygens (including phenoxy) is 2. The first-order valence-electron chi connectivity index (χ1n) is 7.71. The smallest absolute Gasteiger partial charge is 0.124 e. The highest BCUT2D eigenvalue weighted by atomic mass is 16.5. The largest absolute Gasteiger partial charge is 0.493 e. The lowest BCUT2D eigenvalue weighted by Gasteiger charge is -2.23. The molecule has 0 bridgehead atoms. The highest BCUT2D eigenvalue weighted by molar-refractivity contribution is 5.55. The Morgan fingerprint density at radius 3 is 3.00 bits per heavy atom. The molecule has 20 heavy (non-hydrogen) atoms. The minimum absolute atomic E-state index is 0.118. The van der Waals surface area contributed by atoms with Crippen LogP contribution in [0.2, 0.25) is 0 Å². The third-order valence-electron chi connectivity index (χ3n) is 4.46. The van der Waals surface area contributed by atoms with Gasteiger partial charge in [-0.2, -0.15) is 0 Å². The predicted octanol–water partition coefficient (Wildman–Crippen LogP) is 1.71. The van der Waals surface area contributed by atoms with Crippen molar-refractivity contribution in [2.75, 3.05) is 24.6 Å². The van der Waals surface area contributed by atoms with Crippen LogP contribution in [0, 0.1) is 0 Å². The lowest BCUT2D eigenvalue weighted by atomic mass is 10.1. The molecule has 0 spiro atoms.